The van der Waals surface area contributed by atoms with Crippen LogP contribution in [0.2, 0.25) is 0 Å². The molecule has 1 aromatic rings. The summed E-state index contributed by atoms with van der Waals surface area (Å²) in [4.78, 5) is 0. The SMILES string of the molecule is COc1nn(C(C)(C)C)c(F)c1OC. The van der Waals surface area contributed by atoms with Gasteiger partial charge in [-0.2, -0.15) is 4.39 Å². The lowest BCUT2D eigenvalue weighted by Crippen LogP contribution is -2.24. The molecule has 0 amide bonds. The second kappa shape index (κ2) is 3.48. The van der Waals surface area contributed by atoms with Crippen LogP contribution in [-0.4, -0.2) is 24.0 Å². The summed E-state index contributed by atoms with van der Waals surface area (Å²) in [6.07, 6.45) is 0. The van der Waals surface area contributed by atoms with E-state index < -0.39 is 11.5 Å². The van der Waals surface area contributed by atoms with Crippen LogP contribution >= 0.6 is 0 Å². The molecule has 1 rings (SSSR count). The molecule has 0 aliphatic rings. The average Bonchev–Trinajstić information content (AvgIpc) is 2.40. The molecule has 0 fully saturated rings. The molecule has 0 unspecified atom stereocenters. The lowest BCUT2D eigenvalue weighted by atomic mass is 10.1. The van der Waals surface area contributed by atoms with Crippen molar-refractivity contribution in [2.24, 2.45) is 0 Å². The third-order valence-electron chi connectivity index (χ3n) is 1.79. The Bertz CT molecular complexity index is 328. The van der Waals surface area contributed by atoms with Crippen LogP contribution in [0.1, 0.15) is 20.8 Å². The van der Waals surface area contributed by atoms with E-state index in [1.807, 2.05) is 20.8 Å². The molecular weight excluding hydrogens is 187 g/mol. The van der Waals surface area contributed by atoms with Crippen molar-refractivity contribution in [2.75, 3.05) is 14.2 Å². The fourth-order valence-electron chi connectivity index (χ4n) is 1.11. The van der Waals surface area contributed by atoms with E-state index in [9.17, 15) is 4.39 Å². The van der Waals surface area contributed by atoms with Gasteiger partial charge in [-0.05, 0) is 20.8 Å². The van der Waals surface area contributed by atoms with Crippen molar-refractivity contribution in [3.8, 4) is 11.6 Å². The minimum absolute atomic E-state index is 0.0439. The Balaban J connectivity index is 3.28. The van der Waals surface area contributed by atoms with E-state index in [1.165, 1.54) is 18.9 Å². The first-order valence-electron chi connectivity index (χ1n) is 4.28. The monoisotopic (exact) mass is 202 g/mol. The Morgan fingerprint density at radius 3 is 2.07 bits per heavy atom. The molecule has 0 saturated carbocycles. The highest BCUT2D eigenvalue weighted by Gasteiger charge is 2.26. The van der Waals surface area contributed by atoms with Crippen molar-refractivity contribution >= 4 is 0 Å². The molecular formula is C9H15FN2O2. The summed E-state index contributed by atoms with van der Waals surface area (Å²) in [6.45, 7) is 5.55. The molecule has 0 aliphatic carbocycles. The highest BCUT2D eigenvalue weighted by Crippen LogP contribution is 2.31. The van der Waals surface area contributed by atoms with Crippen LogP contribution in [0.3, 0.4) is 0 Å². The lowest BCUT2D eigenvalue weighted by Gasteiger charge is -2.18. The summed E-state index contributed by atoms with van der Waals surface area (Å²) in [5, 5.41) is 3.96. The van der Waals surface area contributed by atoms with Crippen LogP contribution in [0.4, 0.5) is 4.39 Å². The fourth-order valence-corrected chi connectivity index (χ4v) is 1.11. The smallest absolute Gasteiger partial charge is 0.279 e. The van der Waals surface area contributed by atoms with Crippen molar-refractivity contribution in [2.45, 2.75) is 26.3 Å². The second-order valence-electron chi connectivity index (χ2n) is 3.92. The van der Waals surface area contributed by atoms with Gasteiger partial charge < -0.3 is 9.47 Å². The standard InChI is InChI=1S/C9H15FN2O2/c1-9(2,3)12-7(10)6(13-4)8(11-12)14-5/h1-5H3. The van der Waals surface area contributed by atoms with Crippen molar-refractivity contribution in [1.29, 1.82) is 0 Å². The molecule has 1 aromatic heterocycles. The normalized spacial score (nSPS) is 11.6. The molecule has 0 radical (unpaired) electrons. The zero-order chi connectivity index (χ0) is 10.9. The molecule has 0 N–H and O–H groups in total. The molecule has 0 bridgehead atoms. The van der Waals surface area contributed by atoms with Crippen molar-refractivity contribution < 1.29 is 13.9 Å². The van der Waals surface area contributed by atoms with Gasteiger partial charge in [0.15, 0.2) is 0 Å². The zero-order valence-corrected chi connectivity index (χ0v) is 9.09. The molecule has 5 heteroatoms. The van der Waals surface area contributed by atoms with Crippen LogP contribution in [0.25, 0.3) is 0 Å². The van der Waals surface area contributed by atoms with E-state index in [0.717, 1.165) is 0 Å². The van der Waals surface area contributed by atoms with E-state index >= 15 is 0 Å². The van der Waals surface area contributed by atoms with Gasteiger partial charge in [0.05, 0.1) is 19.8 Å². The molecule has 4 nitrogen and oxygen atoms in total. The third kappa shape index (κ3) is 1.66. The average molecular weight is 202 g/mol. The van der Waals surface area contributed by atoms with Gasteiger partial charge >= 0.3 is 0 Å². The molecule has 0 spiro atoms. The van der Waals surface area contributed by atoms with E-state index in [1.54, 1.807) is 0 Å². The number of nitrogens with zero attached hydrogens (tertiary/aromatic N) is 2. The van der Waals surface area contributed by atoms with Gasteiger partial charge in [-0.3, -0.25) is 0 Å². The number of rotatable bonds is 2. The van der Waals surface area contributed by atoms with Gasteiger partial charge in [-0.25, -0.2) is 4.68 Å². The molecule has 0 aliphatic heterocycles. The van der Waals surface area contributed by atoms with Crippen LogP contribution in [0.15, 0.2) is 0 Å². The maximum atomic E-state index is 13.7. The highest BCUT2D eigenvalue weighted by atomic mass is 19.1. The summed E-state index contributed by atoms with van der Waals surface area (Å²) in [7, 11) is 2.81. The first kappa shape index (κ1) is 10.8. The zero-order valence-electron chi connectivity index (χ0n) is 9.09. The summed E-state index contributed by atoms with van der Waals surface area (Å²) >= 11 is 0. The second-order valence-corrected chi connectivity index (χ2v) is 3.92. The van der Waals surface area contributed by atoms with E-state index in [-0.39, 0.29) is 11.6 Å². The quantitative estimate of drug-likeness (QED) is 0.733. The van der Waals surface area contributed by atoms with Crippen LogP contribution in [0, 0.1) is 5.95 Å². The molecule has 80 valence electrons. The van der Waals surface area contributed by atoms with Crippen molar-refractivity contribution in [1.82, 2.24) is 9.78 Å². The van der Waals surface area contributed by atoms with Gasteiger partial charge in [-0.1, -0.05) is 0 Å². The maximum absolute atomic E-state index is 13.7. The third-order valence-corrected chi connectivity index (χ3v) is 1.79. The van der Waals surface area contributed by atoms with E-state index in [0.29, 0.717) is 0 Å². The molecule has 0 aromatic carbocycles. The number of ether oxygens (including phenoxy) is 2. The van der Waals surface area contributed by atoms with Gasteiger partial charge in [0.2, 0.25) is 5.75 Å². The molecule has 1 heterocycles. The summed E-state index contributed by atoms with van der Waals surface area (Å²) in [5.41, 5.74) is -0.436. The summed E-state index contributed by atoms with van der Waals surface area (Å²) in [5.74, 6) is -0.306. The predicted octanol–water partition coefficient (Wildman–Crippen LogP) is 1.79. The summed E-state index contributed by atoms with van der Waals surface area (Å²) < 4.78 is 24.7. The number of methoxy groups -OCH3 is 2. The van der Waals surface area contributed by atoms with Crippen LogP contribution in [0.5, 0.6) is 11.6 Å². The Kier molecular flexibility index (Phi) is 2.69. The summed E-state index contributed by atoms with van der Waals surface area (Å²) in [6, 6.07) is 0. The van der Waals surface area contributed by atoms with Crippen molar-refractivity contribution in [3.63, 3.8) is 0 Å². The maximum Gasteiger partial charge on any atom is 0.279 e. The highest BCUT2D eigenvalue weighted by molar-refractivity contribution is 5.32. The fraction of sp³-hybridized carbons (Fsp3) is 0.667. The largest absolute Gasteiger partial charge is 0.488 e. The van der Waals surface area contributed by atoms with Crippen molar-refractivity contribution in [3.05, 3.63) is 5.95 Å². The Morgan fingerprint density at radius 1 is 1.21 bits per heavy atom. The van der Waals surface area contributed by atoms with E-state index in [2.05, 4.69) is 5.10 Å². The topological polar surface area (TPSA) is 36.3 Å². The van der Waals surface area contributed by atoms with Gasteiger partial charge in [-0.15, -0.1) is 5.10 Å². The first-order chi connectivity index (χ1) is 6.41. The van der Waals surface area contributed by atoms with Gasteiger partial charge in [0.25, 0.3) is 11.8 Å². The minimum atomic E-state index is -0.517. The van der Waals surface area contributed by atoms with E-state index in [4.69, 9.17) is 9.47 Å². The first-order valence-corrected chi connectivity index (χ1v) is 4.28. The van der Waals surface area contributed by atoms with Crippen LogP contribution < -0.4 is 9.47 Å². The van der Waals surface area contributed by atoms with Gasteiger partial charge in [0, 0.05) is 0 Å². The van der Waals surface area contributed by atoms with Crippen LogP contribution in [-0.2, 0) is 5.54 Å². The number of hydrogen-bond donors (Lipinski definition) is 0. The molecule has 0 saturated heterocycles. The number of halogens is 1. The molecule has 14 heavy (non-hydrogen) atoms. The minimum Gasteiger partial charge on any atom is -0.488 e. The van der Waals surface area contributed by atoms with Gasteiger partial charge in [0.1, 0.15) is 0 Å². The Morgan fingerprint density at radius 2 is 1.79 bits per heavy atom. The lowest BCUT2D eigenvalue weighted by molar-refractivity contribution is 0.284. The Labute approximate surface area is 82.6 Å². The molecule has 0 atom stereocenters. The Hall–Kier alpha value is -1.26. The predicted molar refractivity (Wildman–Crippen MR) is 50.3 cm³/mol. The number of aromatic nitrogens is 2. The number of hydrogen-bond acceptors (Lipinski definition) is 3.